The molecular weight excluding hydrogens is 220 g/mol. The highest BCUT2D eigenvalue weighted by Gasteiger charge is 2.18. The average Bonchev–Trinajstić information content (AvgIpc) is 2.51. The number of nitrogens with zero attached hydrogens (tertiary/aromatic N) is 1. The average molecular weight is 232 g/mol. The van der Waals surface area contributed by atoms with Crippen molar-refractivity contribution in [3.8, 4) is 0 Å². The summed E-state index contributed by atoms with van der Waals surface area (Å²) in [4.78, 5) is 10.6. The number of primary amides is 1. The van der Waals surface area contributed by atoms with Gasteiger partial charge in [0.2, 0.25) is 15.9 Å². The van der Waals surface area contributed by atoms with Gasteiger partial charge in [-0.3, -0.25) is 9.89 Å². The molecule has 4 N–H and O–H groups in total. The first-order chi connectivity index (χ1) is 6.92. The highest BCUT2D eigenvalue weighted by Crippen LogP contribution is 2.06. The molecule has 1 unspecified atom stereocenters. The third-order valence-electron chi connectivity index (χ3n) is 1.65. The fourth-order valence-corrected chi connectivity index (χ4v) is 2.21. The Morgan fingerprint density at radius 3 is 2.87 bits per heavy atom. The van der Waals surface area contributed by atoms with Gasteiger partial charge < -0.3 is 5.73 Å². The Hall–Kier alpha value is -1.41. The van der Waals surface area contributed by atoms with Gasteiger partial charge in [-0.1, -0.05) is 0 Å². The molecule has 0 bridgehead atoms. The number of aromatic nitrogens is 2. The highest BCUT2D eigenvalue weighted by atomic mass is 32.2. The van der Waals surface area contributed by atoms with Gasteiger partial charge in [-0.15, -0.1) is 0 Å². The molecule has 1 rings (SSSR count). The molecule has 0 aliphatic carbocycles. The Kier molecular flexibility index (Phi) is 3.43. The van der Waals surface area contributed by atoms with Gasteiger partial charge >= 0.3 is 0 Å². The molecule has 0 spiro atoms. The molecule has 7 nitrogen and oxygen atoms in total. The van der Waals surface area contributed by atoms with Crippen LogP contribution in [0.25, 0.3) is 0 Å². The molecule has 0 aliphatic heterocycles. The van der Waals surface area contributed by atoms with Crippen LogP contribution >= 0.6 is 0 Å². The highest BCUT2D eigenvalue weighted by molar-refractivity contribution is 7.89. The standard InChI is InChI=1S/C7H12N4O3S/c1-5(2-7(8)12)11-15(13,14)6-3-9-10-4-6/h3-5,11H,2H2,1H3,(H2,8,12)(H,9,10). The zero-order valence-corrected chi connectivity index (χ0v) is 8.91. The summed E-state index contributed by atoms with van der Waals surface area (Å²) in [5.41, 5.74) is 4.94. The van der Waals surface area contributed by atoms with Gasteiger partial charge in [-0.25, -0.2) is 13.1 Å². The molecule has 0 radical (unpaired) electrons. The molecule has 0 saturated carbocycles. The molecule has 0 saturated heterocycles. The van der Waals surface area contributed by atoms with Crippen molar-refractivity contribution in [1.82, 2.24) is 14.9 Å². The van der Waals surface area contributed by atoms with Crippen molar-refractivity contribution < 1.29 is 13.2 Å². The fourth-order valence-electron chi connectivity index (χ4n) is 1.06. The largest absolute Gasteiger partial charge is 0.370 e. The van der Waals surface area contributed by atoms with Crippen LogP contribution in [0.4, 0.5) is 0 Å². The first-order valence-corrected chi connectivity index (χ1v) is 5.69. The predicted octanol–water partition coefficient (Wildman–Crippen LogP) is -1.05. The number of amides is 1. The van der Waals surface area contributed by atoms with Gasteiger partial charge in [0.15, 0.2) is 0 Å². The lowest BCUT2D eigenvalue weighted by Crippen LogP contribution is -2.35. The third kappa shape index (κ3) is 3.33. The van der Waals surface area contributed by atoms with E-state index < -0.39 is 22.0 Å². The summed E-state index contributed by atoms with van der Waals surface area (Å²) in [7, 11) is -3.61. The number of aromatic amines is 1. The van der Waals surface area contributed by atoms with Crippen molar-refractivity contribution in [2.24, 2.45) is 5.73 Å². The van der Waals surface area contributed by atoms with E-state index in [-0.39, 0.29) is 11.3 Å². The number of sulfonamides is 1. The first-order valence-electron chi connectivity index (χ1n) is 4.21. The van der Waals surface area contributed by atoms with Crippen LogP contribution in [0.15, 0.2) is 17.3 Å². The molecule has 1 amide bonds. The van der Waals surface area contributed by atoms with E-state index in [1.54, 1.807) is 6.92 Å². The number of nitrogens with one attached hydrogen (secondary N) is 2. The normalized spacial score (nSPS) is 13.7. The van der Waals surface area contributed by atoms with Crippen LogP contribution in [0.2, 0.25) is 0 Å². The number of hydrogen-bond acceptors (Lipinski definition) is 4. The Bertz CT molecular complexity index is 425. The van der Waals surface area contributed by atoms with E-state index in [0.717, 1.165) is 0 Å². The van der Waals surface area contributed by atoms with E-state index in [9.17, 15) is 13.2 Å². The number of nitrogens with two attached hydrogens (primary N) is 1. The van der Waals surface area contributed by atoms with Crippen LogP contribution in [-0.4, -0.2) is 30.6 Å². The third-order valence-corrected chi connectivity index (χ3v) is 3.20. The van der Waals surface area contributed by atoms with Crippen molar-refractivity contribution in [2.45, 2.75) is 24.3 Å². The lowest BCUT2D eigenvalue weighted by molar-refractivity contribution is -0.118. The lowest BCUT2D eigenvalue weighted by atomic mass is 10.2. The van der Waals surface area contributed by atoms with Crippen LogP contribution in [0, 0.1) is 0 Å². The lowest BCUT2D eigenvalue weighted by Gasteiger charge is -2.10. The molecule has 84 valence electrons. The van der Waals surface area contributed by atoms with E-state index in [2.05, 4.69) is 14.9 Å². The summed E-state index contributed by atoms with van der Waals surface area (Å²) in [6.07, 6.45) is 2.38. The minimum absolute atomic E-state index is 0.0267. The molecule has 0 aliphatic rings. The fraction of sp³-hybridized carbons (Fsp3) is 0.429. The van der Waals surface area contributed by atoms with Crippen molar-refractivity contribution in [3.05, 3.63) is 12.4 Å². The van der Waals surface area contributed by atoms with Crippen molar-refractivity contribution in [1.29, 1.82) is 0 Å². The van der Waals surface area contributed by atoms with Crippen LogP contribution in [0.1, 0.15) is 13.3 Å². The van der Waals surface area contributed by atoms with Crippen LogP contribution in [-0.2, 0) is 14.8 Å². The van der Waals surface area contributed by atoms with Gasteiger partial charge in [0.25, 0.3) is 0 Å². The Balaban J connectivity index is 2.69. The number of H-pyrrole nitrogens is 1. The molecule has 1 aromatic rings. The topological polar surface area (TPSA) is 118 Å². The second kappa shape index (κ2) is 4.41. The van der Waals surface area contributed by atoms with E-state index in [0.29, 0.717) is 0 Å². The van der Waals surface area contributed by atoms with E-state index in [1.807, 2.05) is 0 Å². The Labute approximate surface area is 87.1 Å². The van der Waals surface area contributed by atoms with Gasteiger partial charge in [0.1, 0.15) is 4.90 Å². The van der Waals surface area contributed by atoms with E-state index >= 15 is 0 Å². The number of rotatable bonds is 5. The molecule has 8 heteroatoms. The minimum Gasteiger partial charge on any atom is -0.370 e. The SMILES string of the molecule is CC(CC(N)=O)NS(=O)(=O)c1cn[nH]c1. The van der Waals surface area contributed by atoms with Gasteiger partial charge in [0, 0.05) is 18.7 Å². The number of carbonyl (C=O) groups is 1. The van der Waals surface area contributed by atoms with Crippen molar-refractivity contribution in [3.63, 3.8) is 0 Å². The predicted molar refractivity (Wildman–Crippen MR) is 52.2 cm³/mol. The second-order valence-corrected chi connectivity index (χ2v) is 4.84. The maximum atomic E-state index is 11.6. The molecule has 0 fully saturated rings. The molecule has 1 heterocycles. The molecule has 0 aromatic carbocycles. The molecule has 15 heavy (non-hydrogen) atoms. The molecule has 1 atom stereocenters. The monoisotopic (exact) mass is 232 g/mol. The summed E-state index contributed by atoms with van der Waals surface area (Å²) < 4.78 is 25.4. The van der Waals surface area contributed by atoms with Crippen LogP contribution < -0.4 is 10.5 Å². The first kappa shape index (κ1) is 11.7. The van der Waals surface area contributed by atoms with Crippen molar-refractivity contribution >= 4 is 15.9 Å². The minimum atomic E-state index is -3.61. The summed E-state index contributed by atoms with van der Waals surface area (Å²) in [5.74, 6) is -0.558. The Morgan fingerprint density at radius 2 is 2.40 bits per heavy atom. The zero-order chi connectivity index (χ0) is 11.5. The smallest absolute Gasteiger partial charge is 0.243 e. The summed E-state index contributed by atoms with van der Waals surface area (Å²) in [5, 5.41) is 5.91. The molecule has 1 aromatic heterocycles. The van der Waals surface area contributed by atoms with Gasteiger partial charge in [0.05, 0.1) is 6.20 Å². The maximum Gasteiger partial charge on any atom is 0.243 e. The van der Waals surface area contributed by atoms with Crippen LogP contribution in [0.3, 0.4) is 0 Å². The van der Waals surface area contributed by atoms with E-state index in [1.165, 1.54) is 12.4 Å². The summed E-state index contributed by atoms with van der Waals surface area (Å²) in [6.45, 7) is 1.56. The molecular formula is C7H12N4O3S. The quantitative estimate of drug-likeness (QED) is 0.600. The van der Waals surface area contributed by atoms with Crippen molar-refractivity contribution in [2.75, 3.05) is 0 Å². The number of carbonyl (C=O) groups excluding carboxylic acids is 1. The summed E-state index contributed by atoms with van der Waals surface area (Å²) >= 11 is 0. The Morgan fingerprint density at radius 1 is 1.73 bits per heavy atom. The van der Waals surface area contributed by atoms with Gasteiger partial charge in [-0.05, 0) is 6.92 Å². The number of hydrogen-bond donors (Lipinski definition) is 3. The maximum absolute atomic E-state index is 11.6. The zero-order valence-electron chi connectivity index (χ0n) is 8.10. The van der Waals surface area contributed by atoms with Gasteiger partial charge in [-0.2, -0.15) is 5.10 Å². The summed E-state index contributed by atoms with van der Waals surface area (Å²) in [6, 6.07) is -0.539. The second-order valence-electron chi connectivity index (χ2n) is 3.13. The van der Waals surface area contributed by atoms with E-state index in [4.69, 9.17) is 5.73 Å². The van der Waals surface area contributed by atoms with Crippen LogP contribution in [0.5, 0.6) is 0 Å².